The van der Waals surface area contributed by atoms with E-state index in [0.717, 1.165) is 17.3 Å². The Bertz CT molecular complexity index is 190. The molecule has 1 saturated heterocycles. The summed E-state index contributed by atoms with van der Waals surface area (Å²) in [5.41, 5.74) is 0. The summed E-state index contributed by atoms with van der Waals surface area (Å²) in [5.74, 6) is 4.02. The summed E-state index contributed by atoms with van der Waals surface area (Å²) in [6.07, 6.45) is 8.56. The van der Waals surface area contributed by atoms with Crippen LogP contribution in [-0.4, -0.2) is 34.6 Å². The lowest BCUT2D eigenvalue weighted by Crippen LogP contribution is -2.44. The molecule has 1 aliphatic carbocycles. The molecule has 0 aromatic heterocycles. The van der Waals surface area contributed by atoms with Crippen LogP contribution in [-0.2, 0) is 0 Å². The molecule has 16 heavy (non-hydrogen) atoms. The lowest BCUT2D eigenvalue weighted by molar-refractivity contribution is 0.341. The largest absolute Gasteiger partial charge is 0.310 e. The van der Waals surface area contributed by atoms with E-state index in [-0.39, 0.29) is 0 Å². The quantitative estimate of drug-likeness (QED) is 0.829. The summed E-state index contributed by atoms with van der Waals surface area (Å²) < 4.78 is 0. The minimum absolute atomic E-state index is 0.814. The van der Waals surface area contributed by atoms with Gasteiger partial charge in [-0.2, -0.15) is 23.5 Å². The third kappa shape index (κ3) is 4.15. The van der Waals surface area contributed by atoms with Crippen molar-refractivity contribution in [3.8, 4) is 0 Å². The van der Waals surface area contributed by atoms with E-state index in [1.165, 1.54) is 55.8 Å². The molecule has 1 saturated carbocycles. The van der Waals surface area contributed by atoms with Gasteiger partial charge in [0.15, 0.2) is 0 Å². The summed E-state index contributed by atoms with van der Waals surface area (Å²) in [7, 11) is 0. The molecule has 0 amide bonds. The Labute approximate surface area is 109 Å². The molecular formula is C13H25NS2. The van der Waals surface area contributed by atoms with Gasteiger partial charge in [-0.25, -0.2) is 0 Å². The van der Waals surface area contributed by atoms with Crippen molar-refractivity contribution >= 4 is 23.5 Å². The zero-order valence-corrected chi connectivity index (χ0v) is 12.0. The first-order valence-corrected chi connectivity index (χ1v) is 9.04. The summed E-state index contributed by atoms with van der Waals surface area (Å²) in [4.78, 5) is 0. The molecule has 1 N–H and O–H groups in total. The molecule has 1 heterocycles. The van der Waals surface area contributed by atoms with Gasteiger partial charge in [-0.15, -0.1) is 0 Å². The molecule has 0 aromatic rings. The van der Waals surface area contributed by atoms with Crippen molar-refractivity contribution in [3.05, 3.63) is 0 Å². The van der Waals surface area contributed by atoms with Gasteiger partial charge in [0.1, 0.15) is 0 Å². The third-order valence-electron chi connectivity index (χ3n) is 3.66. The predicted molar refractivity (Wildman–Crippen MR) is 77.7 cm³/mol. The van der Waals surface area contributed by atoms with Crippen LogP contribution in [0.2, 0.25) is 0 Å². The number of thioether (sulfide) groups is 2. The zero-order valence-electron chi connectivity index (χ0n) is 10.4. The van der Waals surface area contributed by atoms with Gasteiger partial charge in [0.2, 0.25) is 0 Å². The molecule has 2 rings (SSSR count). The third-order valence-corrected chi connectivity index (χ3v) is 6.11. The Morgan fingerprint density at radius 2 is 2.06 bits per heavy atom. The fourth-order valence-electron chi connectivity index (χ4n) is 2.89. The molecule has 1 nitrogen and oxygen atoms in total. The van der Waals surface area contributed by atoms with Crippen LogP contribution in [0.3, 0.4) is 0 Å². The Hall–Kier alpha value is 0.660. The number of rotatable bonds is 4. The van der Waals surface area contributed by atoms with E-state index in [4.69, 9.17) is 0 Å². The van der Waals surface area contributed by atoms with Crippen molar-refractivity contribution in [3.63, 3.8) is 0 Å². The van der Waals surface area contributed by atoms with Gasteiger partial charge >= 0.3 is 0 Å². The average molecular weight is 259 g/mol. The molecule has 2 aliphatic rings. The van der Waals surface area contributed by atoms with Crippen LogP contribution >= 0.6 is 23.5 Å². The SMILES string of the molecule is CCSC1CCCC(NC2CCCSC2)C1. The minimum Gasteiger partial charge on any atom is -0.310 e. The van der Waals surface area contributed by atoms with E-state index in [9.17, 15) is 0 Å². The summed E-state index contributed by atoms with van der Waals surface area (Å²) in [5, 5.41) is 4.85. The first-order valence-electron chi connectivity index (χ1n) is 6.84. The van der Waals surface area contributed by atoms with E-state index < -0.39 is 0 Å². The highest BCUT2D eigenvalue weighted by atomic mass is 32.2. The second-order valence-electron chi connectivity index (χ2n) is 5.02. The summed E-state index contributed by atoms with van der Waals surface area (Å²) in [6, 6.07) is 1.63. The first kappa shape index (κ1) is 13.1. The normalized spacial score (nSPS) is 36.2. The van der Waals surface area contributed by atoms with Crippen LogP contribution in [0.5, 0.6) is 0 Å². The standard InChI is InChI=1S/C13H25NS2/c1-2-16-13-7-3-5-11(9-13)14-12-6-4-8-15-10-12/h11-14H,2-10H2,1H3. The van der Waals surface area contributed by atoms with E-state index in [0.29, 0.717) is 0 Å². The highest BCUT2D eigenvalue weighted by Gasteiger charge is 2.24. The maximum atomic E-state index is 3.91. The van der Waals surface area contributed by atoms with Gasteiger partial charge in [0.25, 0.3) is 0 Å². The molecular weight excluding hydrogens is 234 g/mol. The predicted octanol–water partition coefficient (Wildman–Crippen LogP) is 3.54. The molecule has 3 heteroatoms. The lowest BCUT2D eigenvalue weighted by Gasteiger charge is -2.33. The van der Waals surface area contributed by atoms with Gasteiger partial charge in [-0.1, -0.05) is 13.3 Å². The maximum Gasteiger partial charge on any atom is 0.0161 e. The number of hydrogen-bond acceptors (Lipinski definition) is 3. The number of hydrogen-bond donors (Lipinski definition) is 1. The molecule has 94 valence electrons. The lowest BCUT2D eigenvalue weighted by atomic mass is 9.94. The van der Waals surface area contributed by atoms with Gasteiger partial charge in [0.05, 0.1) is 0 Å². The van der Waals surface area contributed by atoms with Gasteiger partial charge in [0, 0.05) is 23.1 Å². The monoisotopic (exact) mass is 259 g/mol. The molecule has 3 atom stereocenters. The van der Waals surface area contributed by atoms with Crippen LogP contribution in [0.1, 0.15) is 45.4 Å². The van der Waals surface area contributed by atoms with Crippen molar-refractivity contribution in [1.29, 1.82) is 0 Å². The molecule has 0 bridgehead atoms. The molecule has 1 aliphatic heterocycles. The van der Waals surface area contributed by atoms with Gasteiger partial charge < -0.3 is 5.32 Å². The van der Waals surface area contributed by atoms with E-state index in [1.807, 2.05) is 0 Å². The van der Waals surface area contributed by atoms with Crippen molar-refractivity contribution in [1.82, 2.24) is 5.32 Å². The molecule has 0 radical (unpaired) electrons. The zero-order chi connectivity index (χ0) is 11.2. The van der Waals surface area contributed by atoms with Gasteiger partial charge in [-0.05, 0) is 43.6 Å². The maximum absolute atomic E-state index is 3.91. The Morgan fingerprint density at radius 3 is 2.81 bits per heavy atom. The smallest absolute Gasteiger partial charge is 0.0161 e. The summed E-state index contributed by atoms with van der Waals surface area (Å²) in [6.45, 7) is 2.29. The Morgan fingerprint density at radius 1 is 1.19 bits per heavy atom. The van der Waals surface area contributed by atoms with Crippen molar-refractivity contribution in [2.75, 3.05) is 17.3 Å². The van der Waals surface area contributed by atoms with Crippen LogP contribution in [0.4, 0.5) is 0 Å². The molecule has 0 spiro atoms. The Balaban J connectivity index is 1.71. The van der Waals surface area contributed by atoms with E-state index >= 15 is 0 Å². The van der Waals surface area contributed by atoms with Gasteiger partial charge in [-0.3, -0.25) is 0 Å². The van der Waals surface area contributed by atoms with Crippen molar-refractivity contribution in [2.45, 2.75) is 62.8 Å². The fraction of sp³-hybridized carbons (Fsp3) is 1.00. The fourth-order valence-corrected chi connectivity index (χ4v) is 5.15. The first-order chi connectivity index (χ1) is 7.88. The minimum atomic E-state index is 0.814. The average Bonchev–Trinajstić information content (AvgIpc) is 2.31. The number of nitrogens with one attached hydrogen (secondary N) is 1. The molecule has 2 fully saturated rings. The van der Waals surface area contributed by atoms with Crippen molar-refractivity contribution < 1.29 is 0 Å². The Kier molecular flexibility index (Phi) is 5.87. The summed E-state index contributed by atoms with van der Waals surface area (Å²) >= 11 is 4.31. The van der Waals surface area contributed by atoms with Crippen LogP contribution < -0.4 is 5.32 Å². The molecule has 3 unspecified atom stereocenters. The highest BCUT2D eigenvalue weighted by molar-refractivity contribution is 7.99. The van der Waals surface area contributed by atoms with E-state index in [1.54, 1.807) is 0 Å². The van der Waals surface area contributed by atoms with Crippen LogP contribution in [0.15, 0.2) is 0 Å². The second kappa shape index (κ2) is 7.17. The van der Waals surface area contributed by atoms with Crippen LogP contribution in [0.25, 0.3) is 0 Å². The highest BCUT2D eigenvalue weighted by Crippen LogP contribution is 2.29. The van der Waals surface area contributed by atoms with Crippen LogP contribution in [0, 0.1) is 0 Å². The van der Waals surface area contributed by atoms with E-state index in [2.05, 4.69) is 35.8 Å². The topological polar surface area (TPSA) is 12.0 Å². The second-order valence-corrected chi connectivity index (χ2v) is 7.75. The molecule has 0 aromatic carbocycles. The van der Waals surface area contributed by atoms with Crippen molar-refractivity contribution in [2.24, 2.45) is 0 Å².